The Hall–Kier alpha value is -2.93. The lowest BCUT2D eigenvalue weighted by Crippen LogP contribution is -2.06. The predicted molar refractivity (Wildman–Crippen MR) is 103 cm³/mol. The molecule has 1 heterocycles. The molecule has 6 nitrogen and oxygen atoms in total. The zero-order valence-electron chi connectivity index (χ0n) is 14.1. The topological polar surface area (TPSA) is 82.0 Å². The van der Waals surface area contributed by atoms with Crippen LogP contribution in [0.15, 0.2) is 46.6 Å². The molecule has 7 heteroatoms. The van der Waals surface area contributed by atoms with Gasteiger partial charge in [0.25, 0.3) is 0 Å². The molecule has 0 fully saturated rings. The average molecular weight is 354 g/mol. The van der Waals surface area contributed by atoms with Crippen LogP contribution in [0.4, 0.5) is 11.4 Å². The molecule has 0 radical (unpaired) electrons. The molecule has 0 saturated carbocycles. The van der Waals surface area contributed by atoms with Gasteiger partial charge in [-0.15, -0.1) is 10.2 Å². The molecular formula is C18H18N4O2S. The second-order valence-corrected chi connectivity index (χ2v) is 5.97. The third-order valence-corrected chi connectivity index (χ3v) is 4.23. The summed E-state index contributed by atoms with van der Waals surface area (Å²) in [6.07, 6.45) is 0. The Balaban J connectivity index is 1.87. The molecule has 3 rings (SSSR count). The van der Waals surface area contributed by atoms with E-state index in [0.717, 1.165) is 22.0 Å². The number of nitrogens with one attached hydrogen (secondary N) is 2. The summed E-state index contributed by atoms with van der Waals surface area (Å²) in [5.41, 5.74) is 4.09. The number of aryl methyl sites for hydroxylation is 2. The Morgan fingerprint density at radius 2 is 1.96 bits per heavy atom. The molecular weight excluding hydrogens is 336 g/mol. The van der Waals surface area contributed by atoms with Crippen LogP contribution in [-0.2, 0) is 0 Å². The minimum absolute atomic E-state index is 0.0347. The van der Waals surface area contributed by atoms with Gasteiger partial charge in [-0.3, -0.25) is 0 Å². The minimum Gasteiger partial charge on any atom is -0.495 e. The van der Waals surface area contributed by atoms with Crippen molar-refractivity contribution in [3.63, 3.8) is 0 Å². The van der Waals surface area contributed by atoms with Gasteiger partial charge in [-0.25, -0.2) is 0 Å². The molecule has 3 aromatic rings. The summed E-state index contributed by atoms with van der Waals surface area (Å²) in [6, 6.07) is 11.3. The molecule has 0 atom stereocenters. The van der Waals surface area contributed by atoms with Gasteiger partial charge < -0.3 is 20.1 Å². The van der Waals surface area contributed by atoms with Crippen molar-refractivity contribution < 1.29 is 9.84 Å². The number of fused-ring (bicyclic) bond motifs is 1. The molecule has 0 unspecified atom stereocenters. The van der Waals surface area contributed by atoms with E-state index in [9.17, 15) is 5.11 Å². The van der Waals surface area contributed by atoms with Crippen LogP contribution in [-0.4, -0.2) is 22.3 Å². The smallest absolute Gasteiger partial charge is 0.218 e. The number of azo groups is 1. The summed E-state index contributed by atoms with van der Waals surface area (Å²) < 4.78 is 5.26. The quantitative estimate of drug-likeness (QED) is 0.458. The first-order chi connectivity index (χ1) is 12.0. The molecule has 0 spiro atoms. The predicted octanol–water partition coefficient (Wildman–Crippen LogP) is 4.98. The third kappa shape index (κ3) is 3.32. The summed E-state index contributed by atoms with van der Waals surface area (Å²) in [4.78, 5) is 2.95. The average Bonchev–Trinajstić information content (AvgIpc) is 2.93. The molecule has 128 valence electrons. The Morgan fingerprint density at radius 3 is 2.72 bits per heavy atom. The molecule has 0 aliphatic carbocycles. The molecule has 25 heavy (non-hydrogen) atoms. The van der Waals surface area contributed by atoms with Crippen molar-refractivity contribution in [3.8, 4) is 11.6 Å². The largest absolute Gasteiger partial charge is 0.495 e. The number of benzene rings is 2. The molecule has 0 saturated heterocycles. The van der Waals surface area contributed by atoms with E-state index in [1.165, 1.54) is 0 Å². The lowest BCUT2D eigenvalue weighted by molar-refractivity contribution is 0.417. The van der Waals surface area contributed by atoms with Crippen molar-refractivity contribution in [3.05, 3.63) is 47.5 Å². The van der Waals surface area contributed by atoms with Crippen LogP contribution in [0.5, 0.6) is 11.6 Å². The number of rotatable bonds is 3. The highest BCUT2D eigenvalue weighted by atomic mass is 32.1. The Morgan fingerprint density at radius 1 is 1.20 bits per heavy atom. The first-order valence-electron chi connectivity index (χ1n) is 7.68. The van der Waals surface area contributed by atoms with Crippen LogP contribution in [0.3, 0.4) is 0 Å². The molecule has 2 aromatic carbocycles. The van der Waals surface area contributed by atoms with Gasteiger partial charge in [-0.05, 0) is 49.3 Å². The van der Waals surface area contributed by atoms with E-state index in [0.29, 0.717) is 17.1 Å². The van der Waals surface area contributed by atoms with Gasteiger partial charge in [0.05, 0.1) is 18.3 Å². The fourth-order valence-corrected chi connectivity index (χ4v) is 2.71. The number of methoxy groups -OCH3 is 1. The maximum Gasteiger partial charge on any atom is 0.218 e. The number of aromatic amines is 1. The standard InChI is InChI=1S/C18H18N4O2S/c1-10-8-9-12-15(11(10)2)20-17(23)16(12)21-22-18(25)19-13-6-4-5-7-14(13)24-3/h4-9,20,23H,1-3H3,(H,19,25). The van der Waals surface area contributed by atoms with Crippen molar-refractivity contribution in [1.82, 2.24) is 4.98 Å². The normalized spacial score (nSPS) is 11.2. The van der Waals surface area contributed by atoms with E-state index in [1.54, 1.807) is 7.11 Å². The number of ether oxygens (including phenoxy) is 1. The second-order valence-electron chi connectivity index (χ2n) is 5.58. The fraction of sp³-hybridized carbons (Fsp3) is 0.167. The van der Waals surface area contributed by atoms with Crippen molar-refractivity contribution in [2.75, 3.05) is 12.4 Å². The second kappa shape index (κ2) is 6.90. The highest BCUT2D eigenvalue weighted by molar-refractivity contribution is 7.80. The van der Waals surface area contributed by atoms with Crippen LogP contribution >= 0.6 is 12.2 Å². The van der Waals surface area contributed by atoms with Crippen LogP contribution in [0.2, 0.25) is 0 Å². The lowest BCUT2D eigenvalue weighted by atomic mass is 10.1. The zero-order chi connectivity index (χ0) is 18.0. The number of aromatic hydroxyl groups is 1. The number of nitrogens with zero attached hydrogens (tertiary/aromatic N) is 2. The van der Waals surface area contributed by atoms with E-state index >= 15 is 0 Å². The highest BCUT2D eigenvalue weighted by Crippen LogP contribution is 2.37. The van der Waals surface area contributed by atoms with Crippen molar-refractivity contribution >= 4 is 39.6 Å². The monoisotopic (exact) mass is 354 g/mol. The van der Waals surface area contributed by atoms with Gasteiger partial charge in [-0.2, -0.15) is 0 Å². The van der Waals surface area contributed by atoms with Crippen LogP contribution in [0, 0.1) is 13.8 Å². The Bertz CT molecular complexity index is 979. The van der Waals surface area contributed by atoms with Crippen LogP contribution in [0.1, 0.15) is 11.1 Å². The van der Waals surface area contributed by atoms with E-state index < -0.39 is 0 Å². The van der Waals surface area contributed by atoms with E-state index in [4.69, 9.17) is 17.0 Å². The zero-order valence-corrected chi connectivity index (χ0v) is 14.9. The number of thiocarbonyl (C=S) groups is 1. The first kappa shape index (κ1) is 16.9. The SMILES string of the molecule is COc1ccccc1NC(=S)N=Nc1c(O)[nH]c2c(C)c(C)ccc12. The Kier molecular flexibility index (Phi) is 4.67. The first-order valence-corrected chi connectivity index (χ1v) is 8.08. The summed E-state index contributed by atoms with van der Waals surface area (Å²) in [5.74, 6) is 0.619. The number of hydrogen-bond acceptors (Lipinski definition) is 4. The number of aromatic nitrogens is 1. The number of para-hydroxylation sites is 2. The summed E-state index contributed by atoms with van der Waals surface area (Å²) in [6.45, 7) is 4.00. The molecule has 0 aliphatic rings. The lowest BCUT2D eigenvalue weighted by Gasteiger charge is -2.08. The van der Waals surface area contributed by atoms with E-state index in [-0.39, 0.29) is 11.0 Å². The Labute approximate surface area is 150 Å². The number of H-pyrrole nitrogens is 1. The van der Waals surface area contributed by atoms with Crippen molar-refractivity contribution in [2.24, 2.45) is 10.2 Å². The number of hydrogen-bond donors (Lipinski definition) is 3. The summed E-state index contributed by atoms with van der Waals surface area (Å²) in [7, 11) is 1.58. The van der Waals surface area contributed by atoms with Crippen molar-refractivity contribution in [1.29, 1.82) is 0 Å². The molecule has 0 aliphatic heterocycles. The molecule has 0 bridgehead atoms. The molecule has 0 amide bonds. The fourth-order valence-electron chi connectivity index (χ4n) is 2.56. The summed E-state index contributed by atoms with van der Waals surface area (Å²) in [5, 5.41) is 22.2. The summed E-state index contributed by atoms with van der Waals surface area (Å²) >= 11 is 5.21. The van der Waals surface area contributed by atoms with E-state index in [2.05, 4.69) is 20.5 Å². The van der Waals surface area contributed by atoms with Gasteiger partial charge in [0, 0.05) is 5.39 Å². The molecule has 1 aromatic heterocycles. The van der Waals surface area contributed by atoms with Gasteiger partial charge in [0.15, 0.2) is 5.69 Å². The third-order valence-electron chi connectivity index (χ3n) is 4.05. The maximum atomic E-state index is 10.1. The van der Waals surface area contributed by atoms with Crippen LogP contribution < -0.4 is 10.1 Å². The van der Waals surface area contributed by atoms with E-state index in [1.807, 2.05) is 50.2 Å². The highest BCUT2D eigenvalue weighted by Gasteiger charge is 2.13. The van der Waals surface area contributed by atoms with Crippen molar-refractivity contribution in [2.45, 2.75) is 13.8 Å². The van der Waals surface area contributed by atoms with Gasteiger partial charge in [0.2, 0.25) is 11.0 Å². The van der Waals surface area contributed by atoms with Gasteiger partial charge in [0.1, 0.15) is 5.75 Å². The van der Waals surface area contributed by atoms with Crippen LogP contribution in [0.25, 0.3) is 10.9 Å². The molecule has 3 N–H and O–H groups in total. The van der Waals surface area contributed by atoms with Gasteiger partial charge in [-0.1, -0.05) is 24.3 Å². The number of anilines is 1. The maximum absolute atomic E-state index is 10.1. The minimum atomic E-state index is -0.0347. The van der Waals surface area contributed by atoms with Gasteiger partial charge >= 0.3 is 0 Å².